The topological polar surface area (TPSA) is 38.3 Å². The van der Waals surface area contributed by atoms with Crippen molar-refractivity contribution in [1.82, 2.24) is 5.32 Å². The normalized spacial score (nSPS) is 22.6. The first-order chi connectivity index (χ1) is 9.86. The van der Waals surface area contributed by atoms with Crippen molar-refractivity contribution in [3.8, 4) is 5.75 Å². The van der Waals surface area contributed by atoms with Gasteiger partial charge in [0.05, 0.1) is 0 Å². The van der Waals surface area contributed by atoms with E-state index in [2.05, 4.69) is 5.32 Å². The van der Waals surface area contributed by atoms with Crippen molar-refractivity contribution in [1.29, 1.82) is 0 Å². The third kappa shape index (κ3) is 3.98. The van der Waals surface area contributed by atoms with Gasteiger partial charge in [-0.1, -0.05) is 19.3 Å². The van der Waals surface area contributed by atoms with Crippen LogP contribution in [0.2, 0.25) is 0 Å². The van der Waals surface area contributed by atoms with Gasteiger partial charge < -0.3 is 10.1 Å². The zero-order chi connectivity index (χ0) is 13.8. The molecular weight excluding hydrogens is 286 g/mol. The van der Waals surface area contributed by atoms with Crippen LogP contribution in [0.4, 0.5) is 0 Å². The standard InChI is InChI=1S/C17H23NO2.ClH/c19-12-13-6-7-17(20-15-8-9-18-11-15)16(10-13)14-4-2-1-3-5-14;/h6-7,10,12,14-15,18H,1-5,8-9,11H2;1H. The van der Waals surface area contributed by atoms with Gasteiger partial charge in [0.1, 0.15) is 18.1 Å². The molecule has 2 aliphatic rings. The van der Waals surface area contributed by atoms with Crippen LogP contribution in [0.15, 0.2) is 18.2 Å². The van der Waals surface area contributed by atoms with Gasteiger partial charge in [0.15, 0.2) is 0 Å². The number of carbonyl (C=O) groups is 1. The third-order valence-corrected chi connectivity index (χ3v) is 4.52. The summed E-state index contributed by atoms with van der Waals surface area (Å²) in [6, 6.07) is 5.91. The van der Waals surface area contributed by atoms with E-state index in [0.29, 0.717) is 5.92 Å². The first-order valence-corrected chi connectivity index (χ1v) is 7.83. The lowest BCUT2D eigenvalue weighted by Crippen LogP contribution is -2.21. The lowest BCUT2D eigenvalue weighted by molar-refractivity contribution is 0.112. The number of ether oxygens (including phenoxy) is 1. The Labute approximate surface area is 132 Å². The van der Waals surface area contributed by atoms with Gasteiger partial charge in [-0.3, -0.25) is 4.79 Å². The molecule has 0 radical (unpaired) electrons. The Hall–Kier alpha value is -1.06. The Balaban J connectivity index is 0.00000161. The number of carbonyl (C=O) groups excluding carboxylic acids is 1. The van der Waals surface area contributed by atoms with Gasteiger partial charge in [-0.05, 0) is 55.5 Å². The Bertz CT molecular complexity index is 466. The summed E-state index contributed by atoms with van der Waals surface area (Å²) in [5.74, 6) is 1.56. The maximum absolute atomic E-state index is 11.0. The molecular formula is C17H24ClNO2. The summed E-state index contributed by atoms with van der Waals surface area (Å²) in [6.07, 6.45) is 8.66. The lowest BCUT2D eigenvalue weighted by atomic mass is 9.83. The van der Waals surface area contributed by atoms with Gasteiger partial charge >= 0.3 is 0 Å². The number of hydrogen-bond acceptors (Lipinski definition) is 3. The summed E-state index contributed by atoms with van der Waals surface area (Å²) in [5.41, 5.74) is 2.02. The summed E-state index contributed by atoms with van der Waals surface area (Å²) in [7, 11) is 0. The molecule has 1 aromatic rings. The number of hydrogen-bond donors (Lipinski definition) is 1. The van der Waals surface area contributed by atoms with Crippen LogP contribution in [0.5, 0.6) is 5.75 Å². The van der Waals surface area contributed by atoms with Crippen LogP contribution in [0.3, 0.4) is 0 Å². The molecule has 21 heavy (non-hydrogen) atoms. The molecule has 3 nitrogen and oxygen atoms in total. The summed E-state index contributed by atoms with van der Waals surface area (Å²) in [6.45, 7) is 1.97. The van der Waals surface area contributed by atoms with Gasteiger partial charge in [-0.2, -0.15) is 0 Å². The number of rotatable bonds is 4. The molecule has 1 heterocycles. The summed E-state index contributed by atoms with van der Waals surface area (Å²) in [4.78, 5) is 11.0. The predicted octanol–water partition coefficient (Wildman–Crippen LogP) is 3.71. The highest BCUT2D eigenvalue weighted by Crippen LogP contribution is 2.38. The molecule has 3 rings (SSSR count). The molecule has 1 N–H and O–H groups in total. The molecule has 1 aliphatic heterocycles. The Morgan fingerprint density at radius 3 is 2.62 bits per heavy atom. The highest BCUT2D eigenvalue weighted by molar-refractivity contribution is 5.85. The maximum atomic E-state index is 11.0. The molecule has 116 valence electrons. The molecule has 4 heteroatoms. The van der Waals surface area contributed by atoms with E-state index >= 15 is 0 Å². The predicted molar refractivity (Wildman–Crippen MR) is 86.8 cm³/mol. The summed E-state index contributed by atoms with van der Waals surface area (Å²) >= 11 is 0. The second-order valence-corrected chi connectivity index (χ2v) is 5.98. The number of benzene rings is 1. The SMILES string of the molecule is Cl.O=Cc1ccc(OC2CCNC2)c(C2CCCCC2)c1. The number of aldehydes is 1. The third-order valence-electron chi connectivity index (χ3n) is 4.52. The van der Waals surface area contributed by atoms with Crippen molar-refractivity contribution in [2.75, 3.05) is 13.1 Å². The van der Waals surface area contributed by atoms with Gasteiger partial charge in [-0.15, -0.1) is 12.4 Å². The van der Waals surface area contributed by atoms with E-state index in [0.717, 1.165) is 37.1 Å². The van der Waals surface area contributed by atoms with E-state index in [9.17, 15) is 4.79 Å². The molecule has 1 atom stereocenters. The van der Waals surface area contributed by atoms with Crippen LogP contribution in [0, 0.1) is 0 Å². The first kappa shape index (κ1) is 16.3. The van der Waals surface area contributed by atoms with E-state index in [-0.39, 0.29) is 18.5 Å². The quantitative estimate of drug-likeness (QED) is 0.862. The van der Waals surface area contributed by atoms with Crippen molar-refractivity contribution in [2.24, 2.45) is 0 Å². The molecule has 2 fully saturated rings. The largest absolute Gasteiger partial charge is 0.489 e. The van der Waals surface area contributed by atoms with E-state index in [1.807, 2.05) is 18.2 Å². The molecule has 0 aromatic heterocycles. The minimum Gasteiger partial charge on any atom is -0.489 e. The summed E-state index contributed by atoms with van der Waals surface area (Å²) in [5, 5.41) is 3.33. The molecule has 1 unspecified atom stereocenters. The Morgan fingerprint density at radius 1 is 1.14 bits per heavy atom. The fourth-order valence-corrected chi connectivity index (χ4v) is 3.39. The van der Waals surface area contributed by atoms with Gasteiger partial charge in [0.2, 0.25) is 0 Å². The molecule has 1 aromatic carbocycles. The van der Waals surface area contributed by atoms with Crippen molar-refractivity contribution in [3.05, 3.63) is 29.3 Å². The van der Waals surface area contributed by atoms with Crippen molar-refractivity contribution in [3.63, 3.8) is 0 Å². The van der Waals surface area contributed by atoms with E-state index in [1.165, 1.54) is 37.7 Å². The van der Waals surface area contributed by atoms with Gasteiger partial charge in [0, 0.05) is 12.1 Å². The molecule has 0 bridgehead atoms. The number of halogens is 1. The van der Waals surface area contributed by atoms with Crippen molar-refractivity contribution in [2.45, 2.75) is 50.5 Å². The second kappa shape index (κ2) is 7.81. The van der Waals surface area contributed by atoms with Crippen LogP contribution < -0.4 is 10.1 Å². The van der Waals surface area contributed by atoms with Crippen molar-refractivity contribution < 1.29 is 9.53 Å². The van der Waals surface area contributed by atoms with E-state index in [4.69, 9.17) is 4.74 Å². The van der Waals surface area contributed by atoms with Gasteiger partial charge in [-0.25, -0.2) is 0 Å². The lowest BCUT2D eigenvalue weighted by Gasteiger charge is -2.25. The smallest absolute Gasteiger partial charge is 0.150 e. The van der Waals surface area contributed by atoms with Gasteiger partial charge in [0.25, 0.3) is 0 Å². The van der Waals surface area contributed by atoms with Crippen molar-refractivity contribution >= 4 is 18.7 Å². The minimum atomic E-state index is 0. The molecule has 1 aliphatic carbocycles. The Kier molecular flexibility index (Phi) is 6.07. The first-order valence-electron chi connectivity index (χ1n) is 7.83. The molecule has 1 saturated carbocycles. The minimum absolute atomic E-state index is 0. The molecule has 0 spiro atoms. The number of nitrogens with one attached hydrogen (secondary N) is 1. The van der Waals surface area contributed by atoms with E-state index in [1.54, 1.807) is 0 Å². The van der Waals surface area contributed by atoms with Crippen LogP contribution in [-0.4, -0.2) is 25.5 Å². The zero-order valence-corrected chi connectivity index (χ0v) is 13.2. The van der Waals surface area contributed by atoms with Crippen LogP contribution >= 0.6 is 12.4 Å². The summed E-state index contributed by atoms with van der Waals surface area (Å²) < 4.78 is 6.18. The Morgan fingerprint density at radius 2 is 1.95 bits per heavy atom. The van der Waals surface area contributed by atoms with E-state index < -0.39 is 0 Å². The average Bonchev–Trinajstić information content (AvgIpc) is 3.01. The second-order valence-electron chi connectivity index (χ2n) is 5.98. The monoisotopic (exact) mass is 309 g/mol. The fourth-order valence-electron chi connectivity index (χ4n) is 3.39. The van der Waals surface area contributed by atoms with Crippen LogP contribution in [0.25, 0.3) is 0 Å². The highest BCUT2D eigenvalue weighted by atomic mass is 35.5. The van der Waals surface area contributed by atoms with Crippen LogP contribution in [-0.2, 0) is 0 Å². The average molecular weight is 310 g/mol. The zero-order valence-electron chi connectivity index (χ0n) is 12.3. The fraction of sp³-hybridized carbons (Fsp3) is 0.588. The highest BCUT2D eigenvalue weighted by Gasteiger charge is 2.22. The molecule has 1 saturated heterocycles. The maximum Gasteiger partial charge on any atom is 0.150 e. The van der Waals surface area contributed by atoms with Crippen LogP contribution in [0.1, 0.15) is 60.4 Å². The molecule has 0 amide bonds.